The van der Waals surface area contributed by atoms with Crippen molar-refractivity contribution in [3.05, 3.63) is 83.3 Å². The Labute approximate surface area is 182 Å². The number of nitrogens with one attached hydrogen (secondary N) is 2. The van der Waals surface area contributed by atoms with Gasteiger partial charge in [0.05, 0.1) is 17.3 Å². The number of carbonyl (C=O) groups is 2. The maximum atomic E-state index is 11.4. The van der Waals surface area contributed by atoms with E-state index in [1.807, 2.05) is 57.4 Å². The normalized spacial score (nSPS) is 9.90. The molecule has 2 N–H and O–H groups in total. The van der Waals surface area contributed by atoms with Crippen molar-refractivity contribution in [3.63, 3.8) is 0 Å². The molecule has 0 unspecified atom stereocenters. The number of nitrogens with zero attached hydrogens (tertiary/aromatic N) is 3. The molecule has 0 radical (unpaired) electrons. The Morgan fingerprint density at radius 2 is 1.94 bits per heavy atom. The Morgan fingerprint density at radius 3 is 2.55 bits per heavy atom. The highest BCUT2D eigenvalue weighted by molar-refractivity contribution is 5.93. The van der Waals surface area contributed by atoms with Crippen LogP contribution in [-0.4, -0.2) is 35.3 Å². The zero-order valence-corrected chi connectivity index (χ0v) is 17.8. The molecule has 0 aliphatic heterocycles. The average molecular weight is 415 g/mol. The molecular weight excluding hydrogens is 390 g/mol. The third-order valence-corrected chi connectivity index (χ3v) is 4.04. The molecule has 0 aliphatic carbocycles. The van der Waals surface area contributed by atoms with Crippen molar-refractivity contribution in [3.8, 4) is 17.3 Å². The van der Waals surface area contributed by atoms with Gasteiger partial charge in [0.15, 0.2) is 6.29 Å². The Bertz CT molecular complexity index is 1060. The van der Waals surface area contributed by atoms with E-state index in [1.165, 1.54) is 0 Å². The fourth-order valence-corrected chi connectivity index (χ4v) is 2.63. The highest BCUT2D eigenvalue weighted by Gasteiger charge is 2.08. The minimum absolute atomic E-state index is 0.0594. The quantitative estimate of drug-likeness (QED) is 0.598. The number of aldehydes is 1. The summed E-state index contributed by atoms with van der Waals surface area (Å²) >= 11 is 0. The molecule has 2 aromatic heterocycles. The van der Waals surface area contributed by atoms with Crippen LogP contribution in [0.4, 0.5) is 0 Å². The van der Waals surface area contributed by atoms with Crippen molar-refractivity contribution in [2.24, 2.45) is 0 Å². The molecule has 1 aromatic carbocycles. The van der Waals surface area contributed by atoms with Crippen LogP contribution >= 0.6 is 0 Å². The first-order chi connectivity index (χ1) is 15.0. The van der Waals surface area contributed by atoms with Crippen molar-refractivity contribution in [1.29, 1.82) is 5.26 Å². The summed E-state index contributed by atoms with van der Waals surface area (Å²) < 4.78 is 0. The first-order valence-electron chi connectivity index (χ1n) is 9.80. The third kappa shape index (κ3) is 7.46. The van der Waals surface area contributed by atoms with E-state index in [0.29, 0.717) is 11.8 Å². The molecule has 3 aromatic rings. The smallest absolute Gasteiger partial charge is 0.270 e. The largest absolute Gasteiger partial charge is 0.349 e. The highest BCUT2D eigenvalue weighted by Crippen LogP contribution is 2.18. The minimum Gasteiger partial charge on any atom is -0.349 e. The van der Waals surface area contributed by atoms with Gasteiger partial charge in [-0.15, -0.1) is 0 Å². The predicted molar refractivity (Wildman–Crippen MR) is 119 cm³/mol. The molecule has 7 heteroatoms. The van der Waals surface area contributed by atoms with Crippen LogP contribution in [-0.2, 0) is 6.54 Å². The number of carbonyl (C=O) groups excluding carboxylic acids is 2. The van der Waals surface area contributed by atoms with Crippen LogP contribution < -0.4 is 10.6 Å². The Morgan fingerprint density at radius 1 is 1.16 bits per heavy atom. The molecule has 3 rings (SSSR count). The lowest BCUT2D eigenvalue weighted by Gasteiger charge is -2.07. The van der Waals surface area contributed by atoms with Crippen LogP contribution in [0.5, 0.6) is 0 Å². The van der Waals surface area contributed by atoms with E-state index in [-0.39, 0.29) is 23.3 Å². The van der Waals surface area contributed by atoms with Gasteiger partial charge in [-0.2, -0.15) is 5.26 Å². The summed E-state index contributed by atoms with van der Waals surface area (Å²) in [5.41, 5.74) is 4.20. The molecule has 0 atom stereocenters. The van der Waals surface area contributed by atoms with E-state index in [9.17, 15) is 9.59 Å². The van der Waals surface area contributed by atoms with Crippen molar-refractivity contribution in [2.45, 2.75) is 26.4 Å². The zero-order chi connectivity index (χ0) is 22.6. The second-order valence-corrected chi connectivity index (χ2v) is 6.97. The first kappa shape index (κ1) is 23.4. The van der Waals surface area contributed by atoms with Gasteiger partial charge in [0.1, 0.15) is 11.4 Å². The van der Waals surface area contributed by atoms with E-state index in [0.717, 1.165) is 23.4 Å². The summed E-state index contributed by atoms with van der Waals surface area (Å²) in [6.45, 7) is 4.54. The molecule has 2 heterocycles. The molecule has 0 saturated carbocycles. The number of aromatic nitrogens is 2. The molecular formula is C24H25N5O2. The lowest BCUT2D eigenvalue weighted by atomic mass is 10.1. The lowest BCUT2D eigenvalue weighted by molar-refractivity contribution is 0.0938. The second-order valence-electron chi connectivity index (χ2n) is 6.97. The molecule has 0 spiro atoms. The monoisotopic (exact) mass is 415 g/mol. The topological polar surface area (TPSA) is 108 Å². The average Bonchev–Trinajstić information content (AvgIpc) is 2.80. The van der Waals surface area contributed by atoms with Gasteiger partial charge in [0.25, 0.3) is 5.91 Å². The highest BCUT2D eigenvalue weighted by atomic mass is 16.2. The van der Waals surface area contributed by atoms with E-state index in [2.05, 4.69) is 26.7 Å². The van der Waals surface area contributed by atoms with Crippen LogP contribution in [0.1, 0.15) is 46.0 Å². The van der Waals surface area contributed by atoms with Gasteiger partial charge in [-0.1, -0.05) is 24.3 Å². The Balaban J connectivity index is 0.000000225. The fourth-order valence-electron chi connectivity index (χ4n) is 2.63. The maximum Gasteiger partial charge on any atom is 0.270 e. The number of rotatable bonds is 6. The zero-order valence-electron chi connectivity index (χ0n) is 17.8. The fraction of sp³-hybridized carbons (Fsp3) is 0.208. The van der Waals surface area contributed by atoms with Crippen LogP contribution in [0.2, 0.25) is 0 Å². The van der Waals surface area contributed by atoms with E-state index >= 15 is 0 Å². The molecule has 0 bridgehead atoms. The lowest BCUT2D eigenvalue weighted by Crippen LogP contribution is -2.30. The predicted octanol–water partition coefficient (Wildman–Crippen LogP) is 3.37. The van der Waals surface area contributed by atoms with Gasteiger partial charge >= 0.3 is 0 Å². The number of amides is 1. The van der Waals surface area contributed by atoms with Gasteiger partial charge in [0.2, 0.25) is 0 Å². The van der Waals surface area contributed by atoms with Crippen LogP contribution in [0.15, 0.2) is 60.8 Å². The molecule has 0 saturated heterocycles. The SMILES string of the molecule is CC(C)NC(=O)c1cccc(C=O)n1.CNCc1ccc(-c2cccc(C#N)c2)nc1. The standard InChI is InChI=1S/C14H13N3.C10H12N2O2/c1-16-9-12-5-6-14(17-10-12)13-4-2-3-11(7-13)8-15;1-7(2)11-10(14)9-5-3-4-8(6-13)12-9/h2-7,10,16H,9H2,1H3;3-7H,1-2H3,(H,11,14). The second kappa shape index (κ2) is 12.0. The van der Waals surface area contributed by atoms with Crippen molar-refractivity contribution < 1.29 is 9.59 Å². The van der Waals surface area contributed by atoms with Crippen LogP contribution in [0.3, 0.4) is 0 Å². The van der Waals surface area contributed by atoms with Gasteiger partial charge in [0, 0.05) is 24.3 Å². The molecule has 31 heavy (non-hydrogen) atoms. The summed E-state index contributed by atoms with van der Waals surface area (Å²) in [5.74, 6) is -0.260. The first-order valence-corrected chi connectivity index (χ1v) is 9.80. The number of hydrogen-bond donors (Lipinski definition) is 2. The van der Waals surface area contributed by atoms with Crippen LogP contribution in [0, 0.1) is 11.3 Å². The summed E-state index contributed by atoms with van der Waals surface area (Å²) in [4.78, 5) is 30.1. The maximum absolute atomic E-state index is 11.4. The number of nitriles is 1. The van der Waals surface area contributed by atoms with E-state index < -0.39 is 0 Å². The Hall–Kier alpha value is -3.89. The van der Waals surface area contributed by atoms with Crippen molar-refractivity contribution in [1.82, 2.24) is 20.6 Å². The van der Waals surface area contributed by atoms with E-state index in [4.69, 9.17) is 5.26 Å². The third-order valence-electron chi connectivity index (χ3n) is 4.04. The molecule has 0 fully saturated rings. The summed E-state index contributed by atoms with van der Waals surface area (Å²) in [6.07, 6.45) is 2.47. The summed E-state index contributed by atoms with van der Waals surface area (Å²) in [7, 11) is 1.91. The molecule has 1 amide bonds. The van der Waals surface area contributed by atoms with E-state index in [1.54, 1.807) is 24.3 Å². The molecule has 0 aliphatic rings. The number of hydrogen-bond acceptors (Lipinski definition) is 6. The summed E-state index contributed by atoms with van der Waals surface area (Å²) in [6, 6.07) is 18.4. The molecule has 158 valence electrons. The number of pyridine rings is 2. The van der Waals surface area contributed by atoms with Crippen molar-refractivity contribution >= 4 is 12.2 Å². The van der Waals surface area contributed by atoms with Crippen LogP contribution in [0.25, 0.3) is 11.3 Å². The minimum atomic E-state index is -0.260. The molecule has 7 nitrogen and oxygen atoms in total. The Kier molecular flexibility index (Phi) is 9.02. The summed E-state index contributed by atoms with van der Waals surface area (Å²) in [5, 5.41) is 14.6. The van der Waals surface area contributed by atoms with Gasteiger partial charge in [-0.05, 0) is 56.8 Å². The van der Waals surface area contributed by atoms with Crippen molar-refractivity contribution in [2.75, 3.05) is 7.05 Å². The van der Waals surface area contributed by atoms with Gasteiger partial charge in [-0.25, -0.2) is 4.98 Å². The number of benzene rings is 1. The van der Waals surface area contributed by atoms with Gasteiger partial charge < -0.3 is 10.6 Å². The van der Waals surface area contributed by atoms with Gasteiger partial charge in [-0.3, -0.25) is 14.6 Å².